The lowest BCUT2D eigenvalue weighted by Crippen LogP contribution is -2.22. The Morgan fingerprint density at radius 3 is 1.72 bits per heavy atom. The van der Waals surface area contributed by atoms with E-state index >= 15 is 0 Å². The van der Waals surface area contributed by atoms with Gasteiger partial charge in [0.05, 0.1) is 0 Å². The summed E-state index contributed by atoms with van der Waals surface area (Å²) in [5, 5.41) is 7.18. The van der Waals surface area contributed by atoms with Crippen LogP contribution in [-0.4, -0.2) is 18.2 Å². The molecule has 0 bridgehead atoms. The minimum absolute atomic E-state index is 0.203. The molecule has 0 aromatic heterocycles. The lowest BCUT2D eigenvalue weighted by molar-refractivity contribution is 0.541. The van der Waals surface area contributed by atoms with E-state index in [-0.39, 0.29) is 5.96 Å². The molecule has 32 heavy (non-hydrogen) atoms. The van der Waals surface area contributed by atoms with Crippen molar-refractivity contribution >= 4 is 11.7 Å². The Labute approximate surface area is 200 Å². The highest BCUT2D eigenvalue weighted by molar-refractivity contribution is 5.78. The fourth-order valence-corrected chi connectivity index (χ4v) is 3.01. The van der Waals surface area contributed by atoms with Gasteiger partial charge in [0.25, 0.3) is 0 Å². The summed E-state index contributed by atoms with van der Waals surface area (Å²) in [6, 6.07) is 8.79. The van der Waals surface area contributed by atoms with Crippen LogP contribution in [0.25, 0.3) is 0 Å². The van der Waals surface area contributed by atoms with Crippen molar-refractivity contribution in [2.75, 3.05) is 6.54 Å². The lowest BCUT2D eigenvalue weighted by atomic mass is 10.0. The van der Waals surface area contributed by atoms with Crippen molar-refractivity contribution < 1.29 is 0 Å². The zero-order valence-corrected chi connectivity index (χ0v) is 22.5. The number of guanidine groups is 1. The predicted octanol–water partition coefficient (Wildman–Crippen LogP) is 7.52. The number of unbranched alkanes of at least 4 members (excludes halogenated alkanes) is 2. The molecule has 1 aromatic rings. The maximum absolute atomic E-state index is 7.18. The minimum Gasteiger partial charge on any atom is -0.370 e. The second-order valence-electron chi connectivity index (χ2n) is 10.2. The summed E-state index contributed by atoms with van der Waals surface area (Å²) in [6.07, 6.45) is 9.56. The molecule has 0 atom stereocenters. The molecule has 0 spiro atoms. The van der Waals surface area contributed by atoms with Gasteiger partial charge in [-0.2, -0.15) is 0 Å². The van der Waals surface area contributed by atoms with Gasteiger partial charge in [0.1, 0.15) is 0 Å². The highest BCUT2D eigenvalue weighted by Gasteiger charge is 1.96. The second kappa shape index (κ2) is 21.0. The van der Waals surface area contributed by atoms with Gasteiger partial charge in [0.15, 0.2) is 5.96 Å². The van der Waals surface area contributed by atoms with E-state index in [9.17, 15) is 0 Å². The Morgan fingerprint density at radius 1 is 0.812 bits per heavy atom. The molecular formula is C28H54N4. The van der Waals surface area contributed by atoms with Crippen LogP contribution >= 0.6 is 0 Å². The first kappa shape index (κ1) is 32.3. The van der Waals surface area contributed by atoms with Gasteiger partial charge in [-0.05, 0) is 62.8 Å². The number of aliphatic imine (C=N–C) groups is 1. The molecule has 186 valence electrons. The van der Waals surface area contributed by atoms with Crippen LogP contribution in [0.3, 0.4) is 0 Å². The van der Waals surface area contributed by atoms with Gasteiger partial charge in [-0.15, -0.1) is 0 Å². The third kappa shape index (κ3) is 28.2. The van der Waals surface area contributed by atoms with Gasteiger partial charge < -0.3 is 16.9 Å². The van der Waals surface area contributed by atoms with Crippen LogP contribution in [0.15, 0.2) is 29.3 Å². The molecule has 0 aliphatic carbocycles. The van der Waals surface area contributed by atoms with Crippen LogP contribution < -0.4 is 11.5 Å². The Bertz CT molecular complexity index is 582. The summed E-state index contributed by atoms with van der Waals surface area (Å²) in [5.74, 6) is 2.58. The molecule has 4 nitrogen and oxygen atoms in total. The molecule has 0 unspecified atom stereocenters. The van der Waals surface area contributed by atoms with E-state index in [1.54, 1.807) is 0 Å². The molecule has 0 saturated heterocycles. The van der Waals surface area contributed by atoms with Crippen molar-refractivity contribution in [2.45, 2.75) is 107 Å². The van der Waals surface area contributed by atoms with Crippen LogP contribution in [0.2, 0.25) is 0 Å². The number of aryl methyl sites for hydroxylation is 1. The summed E-state index contributed by atoms with van der Waals surface area (Å²) >= 11 is 0. The number of nitrogens with two attached hydrogens (primary N) is 2. The minimum atomic E-state index is 0.203. The third-order valence-electron chi connectivity index (χ3n) is 4.83. The molecule has 0 fully saturated rings. The zero-order chi connectivity index (χ0) is 24.9. The molecule has 0 radical (unpaired) electrons. The summed E-state index contributed by atoms with van der Waals surface area (Å²) in [4.78, 5) is 3.89. The number of hydrogen-bond acceptors (Lipinski definition) is 2. The van der Waals surface area contributed by atoms with E-state index in [0.29, 0.717) is 0 Å². The third-order valence-corrected chi connectivity index (χ3v) is 4.83. The fraction of sp³-hybridized carbons (Fsp3) is 0.714. The predicted molar refractivity (Wildman–Crippen MR) is 146 cm³/mol. The first-order valence-corrected chi connectivity index (χ1v) is 12.6. The van der Waals surface area contributed by atoms with E-state index in [1.165, 1.54) is 49.7 Å². The normalized spacial score (nSPS) is 10.3. The number of benzene rings is 1. The SMILES string of the molecule is CC(=N)CCCCC(C)C.CC(C)CCCCN=C(N)N.Cc1ccc(CC(C)C)cc1. The Kier molecular flexibility index (Phi) is 21.3. The van der Waals surface area contributed by atoms with Crippen molar-refractivity contribution in [1.82, 2.24) is 0 Å². The molecular weight excluding hydrogens is 392 g/mol. The molecule has 0 amide bonds. The first-order valence-electron chi connectivity index (χ1n) is 12.6. The summed E-state index contributed by atoms with van der Waals surface area (Å²) in [5.41, 5.74) is 13.9. The summed E-state index contributed by atoms with van der Waals surface area (Å²) < 4.78 is 0. The fourth-order valence-electron chi connectivity index (χ4n) is 3.01. The first-order chi connectivity index (χ1) is 14.9. The van der Waals surface area contributed by atoms with Gasteiger partial charge in [0.2, 0.25) is 0 Å². The van der Waals surface area contributed by atoms with Crippen LogP contribution in [0, 0.1) is 30.1 Å². The van der Waals surface area contributed by atoms with Gasteiger partial charge in [-0.1, -0.05) is 97.1 Å². The van der Waals surface area contributed by atoms with Crippen molar-refractivity contribution in [2.24, 2.45) is 34.2 Å². The number of nitrogens with zero attached hydrogens (tertiary/aromatic N) is 1. The quantitative estimate of drug-likeness (QED) is 0.176. The van der Waals surface area contributed by atoms with Crippen molar-refractivity contribution in [3.05, 3.63) is 35.4 Å². The van der Waals surface area contributed by atoms with Crippen LogP contribution in [0.4, 0.5) is 0 Å². The number of nitrogens with one attached hydrogen (secondary N) is 1. The standard InChI is InChI=1S/C11H16.C9H19N.C8H19N3/c1-9(2)8-11-6-4-10(3)5-7-11;1-8(2)6-4-5-7-9(3)10;1-7(2)5-3-4-6-11-8(9)10/h4-7,9H,8H2,1-3H3;8,10H,4-7H2,1-3H3;7H,3-6H2,1-2H3,(H4,9,10,11). The lowest BCUT2D eigenvalue weighted by Gasteiger charge is -2.04. The number of hydrogen-bond donors (Lipinski definition) is 3. The van der Waals surface area contributed by atoms with Gasteiger partial charge in [0, 0.05) is 12.3 Å². The van der Waals surface area contributed by atoms with Crippen LogP contribution in [0.5, 0.6) is 0 Å². The topological polar surface area (TPSA) is 88.2 Å². The van der Waals surface area contributed by atoms with Crippen molar-refractivity contribution in [3.8, 4) is 0 Å². The zero-order valence-electron chi connectivity index (χ0n) is 22.5. The highest BCUT2D eigenvalue weighted by Crippen LogP contribution is 2.09. The average molecular weight is 447 g/mol. The number of rotatable bonds is 12. The van der Waals surface area contributed by atoms with Crippen LogP contribution in [0.1, 0.15) is 105 Å². The van der Waals surface area contributed by atoms with Gasteiger partial charge >= 0.3 is 0 Å². The Balaban J connectivity index is 0. The molecule has 0 saturated carbocycles. The van der Waals surface area contributed by atoms with E-state index < -0.39 is 0 Å². The average Bonchev–Trinajstić information content (AvgIpc) is 2.67. The Morgan fingerprint density at radius 2 is 1.31 bits per heavy atom. The van der Waals surface area contributed by atoms with Crippen molar-refractivity contribution in [1.29, 1.82) is 5.41 Å². The van der Waals surface area contributed by atoms with E-state index in [0.717, 1.165) is 42.9 Å². The van der Waals surface area contributed by atoms with E-state index in [4.69, 9.17) is 16.9 Å². The maximum atomic E-state index is 7.18. The summed E-state index contributed by atoms with van der Waals surface area (Å²) in [6.45, 7) is 18.2. The summed E-state index contributed by atoms with van der Waals surface area (Å²) in [7, 11) is 0. The van der Waals surface area contributed by atoms with Crippen LogP contribution in [-0.2, 0) is 6.42 Å². The molecule has 4 heteroatoms. The van der Waals surface area contributed by atoms with E-state index in [2.05, 4.69) is 77.7 Å². The monoisotopic (exact) mass is 446 g/mol. The van der Waals surface area contributed by atoms with Crippen molar-refractivity contribution in [3.63, 3.8) is 0 Å². The second-order valence-corrected chi connectivity index (χ2v) is 10.2. The molecule has 0 heterocycles. The molecule has 1 aromatic carbocycles. The molecule has 5 N–H and O–H groups in total. The van der Waals surface area contributed by atoms with Gasteiger partial charge in [-0.3, -0.25) is 4.99 Å². The van der Waals surface area contributed by atoms with E-state index in [1.807, 2.05) is 6.92 Å². The Hall–Kier alpha value is -1.84. The van der Waals surface area contributed by atoms with Gasteiger partial charge in [-0.25, -0.2) is 0 Å². The molecule has 0 aliphatic heterocycles. The molecule has 0 aliphatic rings. The highest BCUT2D eigenvalue weighted by atomic mass is 15.0. The maximum Gasteiger partial charge on any atom is 0.185 e. The molecule has 1 rings (SSSR count). The largest absolute Gasteiger partial charge is 0.370 e. The smallest absolute Gasteiger partial charge is 0.185 e.